The van der Waals surface area contributed by atoms with Gasteiger partial charge in [0.05, 0.1) is 12.1 Å². The van der Waals surface area contributed by atoms with Crippen LogP contribution in [0.1, 0.15) is 87.0 Å². The van der Waals surface area contributed by atoms with E-state index in [2.05, 4.69) is 35.4 Å². The van der Waals surface area contributed by atoms with E-state index in [4.69, 9.17) is 5.11 Å². The predicted octanol–water partition coefficient (Wildman–Crippen LogP) is 5.23. The van der Waals surface area contributed by atoms with Crippen molar-refractivity contribution in [1.82, 2.24) is 4.57 Å². The van der Waals surface area contributed by atoms with Crippen molar-refractivity contribution in [2.75, 3.05) is 0 Å². The van der Waals surface area contributed by atoms with Crippen LogP contribution >= 0.6 is 0 Å². The summed E-state index contributed by atoms with van der Waals surface area (Å²) in [5.41, 5.74) is 1.48. The van der Waals surface area contributed by atoms with E-state index in [1.165, 1.54) is 57.2 Å². The topological polar surface area (TPSA) is 46.1 Å². The molecule has 2 rings (SSSR count). The molecule has 1 heterocycles. The molecule has 0 atom stereocenters. The normalized spacial score (nSPS) is 11.0. The smallest absolute Gasteiger partial charge is 0.335 e. The molecule has 0 bridgehead atoms. The molecule has 0 aliphatic rings. The average Bonchev–Trinajstić information content (AvgIpc) is 3.06. The standard InChI is InChI=1S/C23H34N2O2/c1-3-5-6-7-8-9-10-11-12-22-24(4-2)17-18-25(22)19-20-13-15-21(16-14-20)23(26)27/h13-18H,3-12,19H2,1-2H3/p+1. The number of hydrogen-bond donors (Lipinski definition) is 1. The second-order valence-electron chi connectivity index (χ2n) is 7.36. The minimum atomic E-state index is -0.873. The second kappa shape index (κ2) is 11.6. The average molecular weight is 372 g/mol. The molecule has 27 heavy (non-hydrogen) atoms. The fraction of sp³-hybridized carbons (Fsp3) is 0.565. The van der Waals surface area contributed by atoms with Gasteiger partial charge in [0, 0.05) is 6.42 Å². The van der Waals surface area contributed by atoms with Crippen LogP contribution in [-0.4, -0.2) is 15.6 Å². The summed E-state index contributed by atoms with van der Waals surface area (Å²) in [6, 6.07) is 7.21. The van der Waals surface area contributed by atoms with Crippen LogP contribution in [0, 0.1) is 0 Å². The third-order valence-corrected chi connectivity index (χ3v) is 5.24. The van der Waals surface area contributed by atoms with Gasteiger partial charge in [-0.3, -0.25) is 0 Å². The van der Waals surface area contributed by atoms with E-state index in [1.807, 2.05) is 12.1 Å². The van der Waals surface area contributed by atoms with E-state index < -0.39 is 5.97 Å². The molecule has 0 radical (unpaired) electrons. The summed E-state index contributed by atoms with van der Waals surface area (Å²) in [7, 11) is 0. The number of imidazole rings is 1. The molecule has 0 amide bonds. The Morgan fingerprint density at radius 1 is 0.963 bits per heavy atom. The zero-order valence-electron chi connectivity index (χ0n) is 17.0. The number of carbonyl (C=O) groups is 1. The molecule has 148 valence electrons. The summed E-state index contributed by atoms with van der Waals surface area (Å²) < 4.78 is 4.63. The van der Waals surface area contributed by atoms with Gasteiger partial charge in [0.15, 0.2) is 0 Å². The van der Waals surface area contributed by atoms with Gasteiger partial charge in [-0.05, 0) is 31.0 Å². The highest BCUT2D eigenvalue weighted by atomic mass is 16.4. The number of rotatable bonds is 13. The highest BCUT2D eigenvalue weighted by Gasteiger charge is 2.16. The zero-order chi connectivity index (χ0) is 19.5. The Labute approximate surface area is 163 Å². The summed E-state index contributed by atoms with van der Waals surface area (Å²) in [6.45, 7) is 6.22. The molecule has 2 aromatic rings. The molecule has 0 saturated carbocycles. The van der Waals surface area contributed by atoms with Gasteiger partial charge in [0.2, 0.25) is 0 Å². The monoisotopic (exact) mass is 371 g/mol. The van der Waals surface area contributed by atoms with Gasteiger partial charge in [0.1, 0.15) is 18.9 Å². The number of benzene rings is 1. The molecule has 0 fully saturated rings. The minimum absolute atomic E-state index is 0.342. The lowest BCUT2D eigenvalue weighted by molar-refractivity contribution is -0.695. The Morgan fingerprint density at radius 2 is 1.59 bits per heavy atom. The molecule has 4 heteroatoms. The van der Waals surface area contributed by atoms with Crippen LogP contribution in [0.15, 0.2) is 36.7 Å². The Balaban J connectivity index is 1.87. The van der Waals surface area contributed by atoms with Crippen molar-refractivity contribution in [2.45, 2.75) is 84.7 Å². The maximum absolute atomic E-state index is 11.0. The van der Waals surface area contributed by atoms with Crippen molar-refractivity contribution in [3.05, 3.63) is 53.6 Å². The van der Waals surface area contributed by atoms with Crippen LogP contribution in [0.3, 0.4) is 0 Å². The highest BCUT2D eigenvalue weighted by Crippen LogP contribution is 2.11. The number of carboxylic acid groups (broad SMARTS) is 1. The number of aromatic carboxylic acids is 1. The molecular weight excluding hydrogens is 336 g/mol. The van der Waals surface area contributed by atoms with E-state index in [0.29, 0.717) is 5.56 Å². The van der Waals surface area contributed by atoms with Crippen LogP contribution in [0.4, 0.5) is 0 Å². The predicted molar refractivity (Wildman–Crippen MR) is 109 cm³/mol. The first-order chi connectivity index (χ1) is 13.2. The van der Waals surface area contributed by atoms with E-state index in [-0.39, 0.29) is 0 Å². The number of nitrogens with zero attached hydrogens (tertiary/aromatic N) is 2. The van der Waals surface area contributed by atoms with Gasteiger partial charge in [-0.1, -0.05) is 64.0 Å². The molecule has 1 N–H and O–H groups in total. The van der Waals surface area contributed by atoms with E-state index in [9.17, 15) is 4.79 Å². The van der Waals surface area contributed by atoms with Gasteiger partial charge in [0.25, 0.3) is 5.82 Å². The second-order valence-corrected chi connectivity index (χ2v) is 7.36. The van der Waals surface area contributed by atoms with Gasteiger partial charge in [-0.25, -0.2) is 13.9 Å². The van der Waals surface area contributed by atoms with Crippen molar-refractivity contribution in [3.8, 4) is 0 Å². The minimum Gasteiger partial charge on any atom is -0.478 e. The summed E-state index contributed by atoms with van der Waals surface area (Å²) >= 11 is 0. The van der Waals surface area contributed by atoms with Crippen molar-refractivity contribution in [2.24, 2.45) is 0 Å². The Kier molecular flexibility index (Phi) is 9.09. The SMILES string of the molecule is CCCCCCCCCCc1n(CC)cc[n+]1Cc1ccc(C(=O)O)cc1. The first kappa shape index (κ1) is 21.2. The third kappa shape index (κ3) is 6.85. The van der Waals surface area contributed by atoms with E-state index in [1.54, 1.807) is 12.1 Å². The summed E-state index contributed by atoms with van der Waals surface area (Å²) in [4.78, 5) is 11.0. The number of unbranched alkanes of at least 4 members (excludes halogenated alkanes) is 7. The number of hydrogen-bond acceptors (Lipinski definition) is 1. The van der Waals surface area contributed by atoms with E-state index >= 15 is 0 Å². The van der Waals surface area contributed by atoms with Crippen LogP contribution in [0.2, 0.25) is 0 Å². The van der Waals surface area contributed by atoms with Gasteiger partial charge in [-0.2, -0.15) is 0 Å². The highest BCUT2D eigenvalue weighted by molar-refractivity contribution is 5.87. The molecule has 0 aliphatic heterocycles. The molecule has 4 nitrogen and oxygen atoms in total. The first-order valence-corrected chi connectivity index (χ1v) is 10.5. The lowest BCUT2D eigenvalue weighted by atomic mass is 10.1. The molecule has 0 aliphatic carbocycles. The Morgan fingerprint density at radius 3 is 2.19 bits per heavy atom. The van der Waals surface area contributed by atoms with Crippen molar-refractivity contribution >= 4 is 5.97 Å². The van der Waals surface area contributed by atoms with Crippen LogP contribution in [0.5, 0.6) is 0 Å². The van der Waals surface area contributed by atoms with Crippen molar-refractivity contribution in [1.29, 1.82) is 0 Å². The van der Waals surface area contributed by atoms with Crippen LogP contribution < -0.4 is 4.57 Å². The third-order valence-electron chi connectivity index (χ3n) is 5.24. The quantitative estimate of drug-likeness (QED) is 0.387. The molecule has 1 aromatic heterocycles. The van der Waals surface area contributed by atoms with Gasteiger partial charge in [-0.15, -0.1) is 0 Å². The molecule has 0 spiro atoms. The Bertz CT molecular complexity index is 689. The maximum atomic E-state index is 11.0. The lowest BCUT2D eigenvalue weighted by Crippen LogP contribution is -2.37. The zero-order valence-corrected chi connectivity index (χ0v) is 17.0. The number of carboxylic acids is 1. The summed E-state index contributed by atoms with van der Waals surface area (Å²) in [5.74, 6) is 0.493. The molecule has 0 unspecified atom stereocenters. The van der Waals surface area contributed by atoms with Crippen molar-refractivity contribution in [3.63, 3.8) is 0 Å². The lowest BCUT2D eigenvalue weighted by Gasteiger charge is -2.06. The number of aromatic nitrogens is 2. The fourth-order valence-corrected chi connectivity index (χ4v) is 3.58. The molecule has 1 aromatic carbocycles. The largest absolute Gasteiger partial charge is 0.478 e. The van der Waals surface area contributed by atoms with Crippen molar-refractivity contribution < 1.29 is 14.5 Å². The van der Waals surface area contributed by atoms with Crippen LogP contribution in [-0.2, 0) is 19.5 Å². The van der Waals surface area contributed by atoms with Gasteiger partial charge >= 0.3 is 5.97 Å². The van der Waals surface area contributed by atoms with Gasteiger partial charge < -0.3 is 5.11 Å². The molecular formula is C23H35N2O2+. The summed E-state index contributed by atoms with van der Waals surface area (Å²) in [6.07, 6.45) is 16.1. The molecule has 0 saturated heterocycles. The number of aryl methyl sites for hydroxylation is 1. The first-order valence-electron chi connectivity index (χ1n) is 10.5. The summed E-state index contributed by atoms with van der Waals surface area (Å²) in [5, 5.41) is 9.04. The maximum Gasteiger partial charge on any atom is 0.335 e. The van der Waals surface area contributed by atoms with Crippen LogP contribution in [0.25, 0.3) is 0 Å². The Hall–Kier alpha value is -2.10. The fourth-order valence-electron chi connectivity index (χ4n) is 3.58. The van der Waals surface area contributed by atoms with E-state index in [0.717, 1.165) is 25.1 Å².